The van der Waals surface area contributed by atoms with E-state index in [1.165, 1.54) is 0 Å². The third-order valence-corrected chi connectivity index (χ3v) is 3.68. The number of hydrogen-bond donors (Lipinski definition) is 2. The number of benzene rings is 2. The van der Waals surface area contributed by atoms with Crippen LogP contribution in [0.4, 0.5) is 5.69 Å². The van der Waals surface area contributed by atoms with Crippen LogP contribution < -0.4 is 10.5 Å². The Morgan fingerprint density at radius 2 is 1.86 bits per heavy atom. The number of nitrogens with one attached hydrogen (secondary N) is 1. The molecule has 5 heteroatoms. The van der Waals surface area contributed by atoms with Crippen LogP contribution in [0.1, 0.15) is 11.1 Å². The van der Waals surface area contributed by atoms with Gasteiger partial charge in [0.1, 0.15) is 18.1 Å². The fourth-order valence-electron chi connectivity index (χ4n) is 2.50. The predicted octanol–water partition coefficient (Wildman–Crippen LogP) is 2.06. The predicted molar refractivity (Wildman–Crippen MR) is 85.0 cm³/mol. The van der Waals surface area contributed by atoms with Crippen molar-refractivity contribution in [1.82, 2.24) is 4.90 Å². The Morgan fingerprint density at radius 3 is 2.68 bits per heavy atom. The molecule has 1 aliphatic heterocycles. The molecule has 0 saturated heterocycles. The number of para-hydroxylation sites is 2. The van der Waals surface area contributed by atoms with Crippen molar-refractivity contribution in [2.24, 2.45) is 0 Å². The van der Waals surface area contributed by atoms with Crippen molar-refractivity contribution in [2.75, 3.05) is 18.9 Å². The molecule has 3 rings (SSSR count). The van der Waals surface area contributed by atoms with Crippen molar-refractivity contribution in [1.29, 1.82) is 5.41 Å². The highest BCUT2D eigenvalue weighted by Gasteiger charge is 2.24. The molecule has 3 N–H and O–H groups in total. The SMILES string of the molecule is N=C(C(=O)N1CCOc2ccccc2C1)c1ccccc1N. The molecular formula is C17H17N3O2. The molecule has 112 valence electrons. The molecule has 1 amide bonds. The Bertz CT molecular complexity index is 727. The summed E-state index contributed by atoms with van der Waals surface area (Å²) in [6, 6.07) is 14.6. The summed E-state index contributed by atoms with van der Waals surface area (Å²) in [5, 5.41) is 8.16. The molecule has 22 heavy (non-hydrogen) atoms. The molecular weight excluding hydrogens is 278 g/mol. The quantitative estimate of drug-likeness (QED) is 0.657. The minimum absolute atomic E-state index is 0.0857. The maximum Gasteiger partial charge on any atom is 0.272 e. The van der Waals surface area contributed by atoms with E-state index in [2.05, 4.69) is 0 Å². The second-order valence-corrected chi connectivity index (χ2v) is 5.15. The minimum Gasteiger partial charge on any atom is -0.491 e. The normalized spacial score (nSPS) is 13.7. The van der Waals surface area contributed by atoms with Gasteiger partial charge < -0.3 is 15.4 Å². The summed E-state index contributed by atoms with van der Waals surface area (Å²) < 4.78 is 5.65. The Hall–Kier alpha value is -2.82. The standard InChI is InChI=1S/C17H17N3O2/c18-14-7-3-2-6-13(14)16(19)17(21)20-9-10-22-15-8-4-1-5-12(15)11-20/h1-8,19H,9-11,18H2. The summed E-state index contributed by atoms with van der Waals surface area (Å²) >= 11 is 0. The average Bonchev–Trinajstić information content (AvgIpc) is 2.76. The van der Waals surface area contributed by atoms with Crippen LogP contribution in [0.15, 0.2) is 48.5 Å². The number of nitrogens with two attached hydrogens (primary N) is 1. The van der Waals surface area contributed by atoms with E-state index in [0.29, 0.717) is 30.9 Å². The molecule has 0 unspecified atom stereocenters. The molecule has 0 radical (unpaired) electrons. The molecule has 0 saturated carbocycles. The van der Waals surface area contributed by atoms with Crippen molar-refractivity contribution >= 4 is 17.3 Å². The number of rotatable bonds is 2. The zero-order valence-corrected chi connectivity index (χ0v) is 12.1. The summed E-state index contributed by atoms with van der Waals surface area (Å²) in [7, 11) is 0. The smallest absolute Gasteiger partial charge is 0.272 e. The van der Waals surface area contributed by atoms with Crippen molar-refractivity contribution in [3.63, 3.8) is 0 Å². The monoisotopic (exact) mass is 295 g/mol. The summed E-state index contributed by atoms with van der Waals surface area (Å²) in [4.78, 5) is 14.2. The lowest BCUT2D eigenvalue weighted by atomic mass is 10.1. The van der Waals surface area contributed by atoms with Crippen LogP contribution in [0, 0.1) is 5.41 Å². The van der Waals surface area contributed by atoms with Gasteiger partial charge in [-0.05, 0) is 12.1 Å². The molecule has 0 spiro atoms. The van der Waals surface area contributed by atoms with Gasteiger partial charge in [-0.15, -0.1) is 0 Å². The van der Waals surface area contributed by atoms with Crippen LogP contribution in [-0.4, -0.2) is 29.7 Å². The number of fused-ring (bicyclic) bond motifs is 1. The number of ether oxygens (including phenoxy) is 1. The molecule has 2 aromatic carbocycles. The second kappa shape index (κ2) is 5.89. The van der Waals surface area contributed by atoms with Crippen molar-refractivity contribution < 1.29 is 9.53 Å². The largest absolute Gasteiger partial charge is 0.491 e. The highest BCUT2D eigenvalue weighted by molar-refractivity contribution is 6.45. The van der Waals surface area contributed by atoms with Gasteiger partial charge in [-0.25, -0.2) is 0 Å². The van der Waals surface area contributed by atoms with Gasteiger partial charge in [0.05, 0.1) is 6.54 Å². The first-order chi connectivity index (χ1) is 10.7. The molecule has 1 aliphatic rings. The van der Waals surface area contributed by atoms with Gasteiger partial charge in [0.25, 0.3) is 5.91 Å². The van der Waals surface area contributed by atoms with Gasteiger partial charge in [-0.1, -0.05) is 36.4 Å². The van der Waals surface area contributed by atoms with Crippen LogP contribution >= 0.6 is 0 Å². The third kappa shape index (κ3) is 2.65. The minimum atomic E-state index is -0.335. The van der Waals surface area contributed by atoms with Crippen molar-refractivity contribution in [2.45, 2.75) is 6.54 Å². The van der Waals surface area contributed by atoms with E-state index >= 15 is 0 Å². The number of anilines is 1. The topological polar surface area (TPSA) is 79.4 Å². The van der Waals surface area contributed by atoms with Crippen molar-refractivity contribution in [3.8, 4) is 5.75 Å². The number of carbonyl (C=O) groups excluding carboxylic acids is 1. The van der Waals surface area contributed by atoms with Gasteiger partial charge in [0.15, 0.2) is 0 Å². The Morgan fingerprint density at radius 1 is 1.14 bits per heavy atom. The van der Waals surface area contributed by atoms with Crippen LogP contribution in [-0.2, 0) is 11.3 Å². The summed E-state index contributed by atoms with van der Waals surface area (Å²) in [5.74, 6) is 0.460. The Kier molecular flexibility index (Phi) is 3.78. The highest BCUT2D eigenvalue weighted by atomic mass is 16.5. The fourth-order valence-corrected chi connectivity index (χ4v) is 2.50. The molecule has 0 bridgehead atoms. The van der Waals surface area contributed by atoms with Crippen LogP contribution in [0.5, 0.6) is 5.75 Å². The number of nitrogens with zero attached hydrogens (tertiary/aromatic N) is 1. The van der Waals surface area contributed by atoms with E-state index in [1.807, 2.05) is 24.3 Å². The lowest BCUT2D eigenvalue weighted by molar-refractivity contribution is -0.124. The molecule has 5 nitrogen and oxygen atoms in total. The maximum absolute atomic E-state index is 12.6. The molecule has 1 heterocycles. The highest BCUT2D eigenvalue weighted by Crippen LogP contribution is 2.23. The molecule has 0 atom stereocenters. The lowest BCUT2D eigenvalue weighted by Crippen LogP contribution is -2.37. The van der Waals surface area contributed by atoms with Gasteiger partial charge >= 0.3 is 0 Å². The fraction of sp³-hybridized carbons (Fsp3) is 0.176. The average molecular weight is 295 g/mol. The van der Waals surface area contributed by atoms with E-state index in [-0.39, 0.29) is 11.6 Å². The molecule has 0 fully saturated rings. The number of carbonyl (C=O) groups is 1. The molecule has 0 aromatic heterocycles. The first-order valence-corrected chi connectivity index (χ1v) is 7.10. The van der Waals surface area contributed by atoms with E-state index in [0.717, 1.165) is 11.3 Å². The van der Waals surface area contributed by atoms with Gasteiger partial charge in [-0.2, -0.15) is 0 Å². The first-order valence-electron chi connectivity index (χ1n) is 7.10. The van der Waals surface area contributed by atoms with Crippen molar-refractivity contribution in [3.05, 3.63) is 59.7 Å². The third-order valence-electron chi connectivity index (χ3n) is 3.68. The van der Waals surface area contributed by atoms with Gasteiger partial charge in [0, 0.05) is 23.4 Å². The Labute approximate surface area is 128 Å². The first kappa shape index (κ1) is 14.1. The Balaban J connectivity index is 1.84. The summed E-state index contributed by atoms with van der Waals surface area (Å²) in [6.07, 6.45) is 0. The zero-order valence-electron chi connectivity index (χ0n) is 12.1. The van der Waals surface area contributed by atoms with E-state index < -0.39 is 0 Å². The van der Waals surface area contributed by atoms with Gasteiger partial charge in [-0.3, -0.25) is 10.2 Å². The van der Waals surface area contributed by atoms with E-state index in [4.69, 9.17) is 15.9 Å². The summed E-state index contributed by atoms with van der Waals surface area (Å²) in [5.41, 5.74) is 7.62. The van der Waals surface area contributed by atoms with Crippen LogP contribution in [0.2, 0.25) is 0 Å². The summed E-state index contributed by atoms with van der Waals surface area (Å²) in [6.45, 7) is 1.30. The maximum atomic E-state index is 12.6. The van der Waals surface area contributed by atoms with Gasteiger partial charge in [0.2, 0.25) is 0 Å². The molecule has 2 aromatic rings. The molecule has 0 aliphatic carbocycles. The second-order valence-electron chi connectivity index (χ2n) is 5.15. The number of hydrogen-bond acceptors (Lipinski definition) is 4. The number of amides is 1. The van der Waals surface area contributed by atoms with E-state index in [1.54, 1.807) is 29.2 Å². The van der Waals surface area contributed by atoms with E-state index in [9.17, 15) is 4.79 Å². The number of nitrogen functional groups attached to an aromatic ring is 1. The van der Waals surface area contributed by atoms with Crippen LogP contribution in [0.25, 0.3) is 0 Å². The zero-order chi connectivity index (χ0) is 15.5. The van der Waals surface area contributed by atoms with Crippen LogP contribution in [0.3, 0.4) is 0 Å². The lowest BCUT2D eigenvalue weighted by Gasteiger charge is -2.20.